The lowest BCUT2D eigenvalue weighted by molar-refractivity contribution is 0.196. The molecule has 4 heteroatoms. The highest BCUT2D eigenvalue weighted by molar-refractivity contribution is 9.10. The maximum absolute atomic E-state index is 5.83. The maximum Gasteiger partial charge on any atom is 0.0479 e. The van der Waals surface area contributed by atoms with Crippen LogP contribution in [0.5, 0.6) is 0 Å². The maximum atomic E-state index is 5.83. The van der Waals surface area contributed by atoms with Gasteiger partial charge >= 0.3 is 0 Å². The summed E-state index contributed by atoms with van der Waals surface area (Å²) in [4.78, 5) is 2.24. The summed E-state index contributed by atoms with van der Waals surface area (Å²) < 4.78 is 6.20. The molecule has 3 nitrogen and oxygen atoms in total. The highest BCUT2D eigenvalue weighted by Crippen LogP contribution is 2.24. The van der Waals surface area contributed by atoms with E-state index in [4.69, 9.17) is 10.5 Å². The van der Waals surface area contributed by atoms with Crippen molar-refractivity contribution < 1.29 is 4.74 Å². The second-order valence-corrected chi connectivity index (χ2v) is 5.58. The van der Waals surface area contributed by atoms with Gasteiger partial charge < -0.3 is 15.4 Å². The highest BCUT2D eigenvalue weighted by atomic mass is 79.9. The van der Waals surface area contributed by atoms with E-state index >= 15 is 0 Å². The van der Waals surface area contributed by atoms with Gasteiger partial charge in [-0.25, -0.2) is 0 Å². The zero-order valence-electron chi connectivity index (χ0n) is 11.4. The van der Waals surface area contributed by atoms with E-state index in [0.29, 0.717) is 0 Å². The predicted octanol–water partition coefficient (Wildman–Crippen LogP) is 2.81. The zero-order valence-corrected chi connectivity index (χ0v) is 13.0. The first kappa shape index (κ1) is 15.5. The first-order valence-electron chi connectivity index (χ1n) is 6.28. The zero-order chi connectivity index (χ0) is 13.5. The summed E-state index contributed by atoms with van der Waals surface area (Å²) in [5.41, 5.74) is 8.30. The van der Waals surface area contributed by atoms with E-state index in [-0.39, 0.29) is 6.04 Å². The standard InChI is InChI=1S/C14H23BrN2O/c1-11(16)9-12-5-6-13(10-14(12)15)17(2)7-4-8-18-3/h5-6,10-11H,4,7-9,16H2,1-3H3. The van der Waals surface area contributed by atoms with Crippen molar-refractivity contribution >= 4 is 21.6 Å². The molecule has 1 aromatic rings. The smallest absolute Gasteiger partial charge is 0.0479 e. The van der Waals surface area contributed by atoms with Gasteiger partial charge in [-0.1, -0.05) is 22.0 Å². The Bertz CT molecular complexity index is 369. The molecule has 0 spiro atoms. The van der Waals surface area contributed by atoms with Gasteiger partial charge in [-0.05, 0) is 37.5 Å². The monoisotopic (exact) mass is 314 g/mol. The van der Waals surface area contributed by atoms with Crippen LogP contribution in [0.15, 0.2) is 22.7 Å². The van der Waals surface area contributed by atoms with Crippen LogP contribution in [-0.4, -0.2) is 33.4 Å². The van der Waals surface area contributed by atoms with Gasteiger partial charge in [0, 0.05) is 43.5 Å². The molecule has 18 heavy (non-hydrogen) atoms. The minimum atomic E-state index is 0.187. The number of ether oxygens (including phenoxy) is 1. The van der Waals surface area contributed by atoms with Gasteiger partial charge in [0.1, 0.15) is 0 Å². The molecule has 0 bridgehead atoms. The van der Waals surface area contributed by atoms with Crippen LogP contribution in [0.25, 0.3) is 0 Å². The molecule has 0 aliphatic heterocycles. The number of hydrogen-bond acceptors (Lipinski definition) is 3. The quantitative estimate of drug-likeness (QED) is 0.786. The number of nitrogens with two attached hydrogens (primary N) is 1. The third-order valence-electron chi connectivity index (χ3n) is 2.86. The number of hydrogen-bond donors (Lipinski definition) is 1. The third kappa shape index (κ3) is 4.96. The van der Waals surface area contributed by atoms with E-state index in [0.717, 1.165) is 30.5 Å². The van der Waals surface area contributed by atoms with Gasteiger partial charge in [-0.2, -0.15) is 0 Å². The van der Waals surface area contributed by atoms with Crippen LogP contribution in [0.4, 0.5) is 5.69 Å². The SMILES string of the molecule is COCCCN(C)c1ccc(CC(C)N)c(Br)c1. The molecule has 0 heterocycles. The Morgan fingerprint density at radius 3 is 2.72 bits per heavy atom. The van der Waals surface area contributed by atoms with Crippen LogP contribution in [0, 0.1) is 0 Å². The minimum Gasteiger partial charge on any atom is -0.385 e. The number of halogens is 1. The second kappa shape index (κ2) is 7.77. The fraction of sp³-hybridized carbons (Fsp3) is 0.571. The summed E-state index contributed by atoms with van der Waals surface area (Å²) >= 11 is 3.62. The summed E-state index contributed by atoms with van der Waals surface area (Å²) in [6.07, 6.45) is 1.93. The normalized spacial score (nSPS) is 12.5. The molecule has 0 saturated carbocycles. The summed E-state index contributed by atoms with van der Waals surface area (Å²) in [7, 11) is 3.84. The molecule has 102 valence electrons. The number of rotatable bonds is 7. The van der Waals surface area contributed by atoms with Crippen molar-refractivity contribution in [2.45, 2.75) is 25.8 Å². The van der Waals surface area contributed by atoms with Crippen LogP contribution in [0.3, 0.4) is 0 Å². The lowest BCUT2D eigenvalue weighted by Crippen LogP contribution is -2.20. The molecule has 0 saturated heterocycles. The van der Waals surface area contributed by atoms with Crippen molar-refractivity contribution in [3.05, 3.63) is 28.2 Å². The molecule has 2 N–H and O–H groups in total. The first-order chi connectivity index (χ1) is 8.54. The Morgan fingerprint density at radius 1 is 1.44 bits per heavy atom. The van der Waals surface area contributed by atoms with Crippen molar-refractivity contribution in [3.63, 3.8) is 0 Å². The van der Waals surface area contributed by atoms with Crippen molar-refractivity contribution in [1.29, 1.82) is 0 Å². The molecule has 1 unspecified atom stereocenters. The topological polar surface area (TPSA) is 38.5 Å². The fourth-order valence-electron chi connectivity index (χ4n) is 1.86. The minimum absolute atomic E-state index is 0.187. The molecule has 1 atom stereocenters. The summed E-state index contributed by atoms with van der Waals surface area (Å²) in [5.74, 6) is 0. The van der Waals surface area contributed by atoms with Crippen molar-refractivity contribution in [2.75, 3.05) is 32.2 Å². The lowest BCUT2D eigenvalue weighted by atomic mass is 10.1. The van der Waals surface area contributed by atoms with E-state index in [9.17, 15) is 0 Å². The van der Waals surface area contributed by atoms with Crippen LogP contribution in [-0.2, 0) is 11.2 Å². The van der Waals surface area contributed by atoms with E-state index in [1.807, 2.05) is 6.92 Å². The summed E-state index contributed by atoms with van der Waals surface area (Å²) in [6.45, 7) is 3.82. The highest BCUT2D eigenvalue weighted by Gasteiger charge is 2.06. The number of methoxy groups -OCH3 is 1. The lowest BCUT2D eigenvalue weighted by Gasteiger charge is -2.20. The van der Waals surface area contributed by atoms with Crippen LogP contribution in [0.2, 0.25) is 0 Å². The molecule has 1 rings (SSSR count). The molecule has 0 fully saturated rings. The van der Waals surface area contributed by atoms with Crippen molar-refractivity contribution in [2.24, 2.45) is 5.73 Å². The van der Waals surface area contributed by atoms with Gasteiger partial charge in [0.15, 0.2) is 0 Å². The van der Waals surface area contributed by atoms with E-state index in [1.165, 1.54) is 11.3 Å². The molecule has 0 aliphatic rings. The van der Waals surface area contributed by atoms with Crippen LogP contribution < -0.4 is 10.6 Å². The van der Waals surface area contributed by atoms with E-state index < -0.39 is 0 Å². The van der Waals surface area contributed by atoms with E-state index in [1.54, 1.807) is 7.11 Å². The fourth-order valence-corrected chi connectivity index (χ4v) is 2.39. The van der Waals surface area contributed by atoms with Gasteiger partial charge in [-0.15, -0.1) is 0 Å². The van der Waals surface area contributed by atoms with Gasteiger partial charge in [0.25, 0.3) is 0 Å². The van der Waals surface area contributed by atoms with Crippen molar-refractivity contribution in [3.8, 4) is 0 Å². The summed E-state index contributed by atoms with van der Waals surface area (Å²) in [5, 5.41) is 0. The average Bonchev–Trinajstić information content (AvgIpc) is 2.31. The third-order valence-corrected chi connectivity index (χ3v) is 3.60. The van der Waals surface area contributed by atoms with Gasteiger partial charge in [0.2, 0.25) is 0 Å². The van der Waals surface area contributed by atoms with Crippen LogP contribution >= 0.6 is 15.9 Å². The first-order valence-corrected chi connectivity index (χ1v) is 7.08. The van der Waals surface area contributed by atoms with Gasteiger partial charge in [0.05, 0.1) is 0 Å². The molecular formula is C14H23BrN2O. The Morgan fingerprint density at radius 2 is 2.17 bits per heavy atom. The molecule has 0 amide bonds. The molecule has 1 aromatic carbocycles. The molecule has 0 aliphatic carbocycles. The largest absolute Gasteiger partial charge is 0.385 e. The Kier molecular flexibility index (Phi) is 6.68. The molecule has 0 radical (unpaired) electrons. The Hall–Kier alpha value is -0.580. The predicted molar refractivity (Wildman–Crippen MR) is 81.3 cm³/mol. The Balaban J connectivity index is 2.65. The van der Waals surface area contributed by atoms with E-state index in [2.05, 4.69) is 46.1 Å². The molecular weight excluding hydrogens is 292 g/mol. The van der Waals surface area contributed by atoms with Crippen LogP contribution in [0.1, 0.15) is 18.9 Å². The molecule has 0 aromatic heterocycles. The number of nitrogens with zero attached hydrogens (tertiary/aromatic N) is 1. The number of anilines is 1. The number of benzene rings is 1. The average molecular weight is 315 g/mol. The Labute approximate surface area is 118 Å². The van der Waals surface area contributed by atoms with Crippen molar-refractivity contribution in [1.82, 2.24) is 0 Å². The summed E-state index contributed by atoms with van der Waals surface area (Å²) in [6, 6.07) is 6.64. The van der Waals surface area contributed by atoms with Gasteiger partial charge in [-0.3, -0.25) is 0 Å². The second-order valence-electron chi connectivity index (χ2n) is 4.73.